The Bertz CT molecular complexity index is 373. The molecule has 0 atom stereocenters. The molecule has 0 aliphatic heterocycles. The SMILES string of the molecule is N#Cc1cc(F)cc(COCC(F)F)c1. The molecule has 0 bridgehead atoms. The van der Waals surface area contributed by atoms with Gasteiger partial charge in [0.25, 0.3) is 6.43 Å². The number of hydrogen-bond donors (Lipinski definition) is 0. The summed E-state index contributed by atoms with van der Waals surface area (Å²) in [6.07, 6.45) is -2.55. The zero-order valence-electron chi connectivity index (χ0n) is 7.71. The van der Waals surface area contributed by atoms with Crippen molar-refractivity contribution in [3.63, 3.8) is 0 Å². The van der Waals surface area contributed by atoms with E-state index in [-0.39, 0.29) is 12.2 Å². The third-order valence-electron chi connectivity index (χ3n) is 1.60. The Morgan fingerprint density at radius 2 is 2.07 bits per heavy atom. The molecular formula is C10H8F3NO. The van der Waals surface area contributed by atoms with E-state index in [0.29, 0.717) is 5.56 Å². The van der Waals surface area contributed by atoms with Crippen molar-refractivity contribution in [2.24, 2.45) is 0 Å². The highest BCUT2D eigenvalue weighted by Crippen LogP contribution is 2.10. The van der Waals surface area contributed by atoms with Gasteiger partial charge < -0.3 is 4.74 Å². The summed E-state index contributed by atoms with van der Waals surface area (Å²) in [6.45, 7) is -0.824. The molecule has 0 saturated heterocycles. The molecule has 0 unspecified atom stereocenters. The van der Waals surface area contributed by atoms with E-state index in [0.717, 1.165) is 12.1 Å². The van der Waals surface area contributed by atoms with Crippen LogP contribution in [-0.2, 0) is 11.3 Å². The van der Waals surface area contributed by atoms with Gasteiger partial charge in [-0.15, -0.1) is 0 Å². The van der Waals surface area contributed by atoms with Crippen LogP contribution in [0.15, 0.2) is 18.2 Å². The van der Waals surface area contributed by atoms with Crippen LogP contribution in [0.1, 0.15) is 11.1 Å². The number of ether oxygens (including phenoxy) is 1. The van der Waals surface area contributed by atoms with E-state index in [4.69, 9.17) is 5.26 Å². The lowest BCUT2D eigenvalue weighted by atomic mass is 10.1. The number of nitriles is 1. The third-order valence-corrected chi connectivity index (χ3v) is 1.60. The molecule has 1 aromatic rings. The predicted molar refractivity (Wildman–Crippen MR) is 46.8 cm³/mol. The number of rotatable bonds is 4. The summed E-state index contributed by atoms with van der Waals surface area (Å²) in [7, 11) is 0. The fraction of sp³-hybridized carbons (Fsp3) is 0.300. The first-order valence-electron chi connectivity index (χ1n) is 4.17. The lowest BCUT2D eigenvalue weighted by Gasteiger charge is -2.04. The second-order valence-electron chi connectivity index (χ2n) is 2.87. The first kappa shape index (κ1) is 11.5. The van der Waals surface area contributed by atoms with E-state index in [1.807, 2.05) is 0 Å². The molecule has 0 aliphatic carbocycles. The van der Waals surface area contributed by atoms with Crippen molar-refractivity contribution in [3.8, 4) is 6.07 Å². The van der Waals surface area contributed by atoms with E-state index < -0.39 is 18.8 Å². The van der Waals surface area contributed by atoms with Crippen molar-refractivity contribution in [2.75, 3.05) is 6.61 Å². The lowest BCUT2D eigenvalue weighted by molar-refractivity contribution is 0.00981. The molecule has 15 heavy (non-hydrogen) atoms. The van der Waals surface area contributed by atoms with Crippen LogP contribution in [0, 0.1) is 17.1 Å². The van der Waals surface area contributed by atoms with Gasteiger partial charge in [0.05, 0.1) is 18.2 Å². The van der Waals surface area contributed by atoms with Crippen LogP contribution in [0.2, 0.25) is 0 Å². The summed E-state index contributed by atoms with van der Waals surface area (Å²) in [5.41, 5.74) is 0.512. The van der Waals surface area contributed by atoms with Crippen molar-refractivity contribution in [3.05, 3.63) is 35.1 Å². The van der Waals surface area contributed by atoms with Gasteiger partial charge in [0, 0.05) is 0 Å². The number of halogens is 3. The fourth-order valence-corrected chi connectivity index (χ4v) is 1.06. The van der Waals surface area contributed by atoms with Gasteiger partial charge in [-0.05, 0) is 23.8 Å². The number of nitrogens with zero attached hydrogens (tertiary/aromatic N) is 1. The Labute approximate surface area is 84.9 Å². The van der Waals surface area contributed by atoms with Gasteiger partial charge in [-0.2, -0.15) is 5.26 Å². The summed E-state index contributed by atoms with van der Waals surface area (Å²) in [5, 5.41) is 8.52. The minimum absolute atomic E-state index is 0.128. The highest BCUT2D eigenvalue weighted by Gasteiger charge is 2.04. The van der Waals surface area contributed by atoms with Crippen LogP contribution in [0.3, 0.4) is 0 Å². The molecule has 0 fully saturated rings. The Balaban J connectivity index is 2.61. The maximum Gasteiger partial charge on any atom is 0.261 e. The first-order valence-corrected chi connectivity index (χ1v) is 4.17. The number of hydrogen-bond acceptors (Lipinski definition) is 2. The van der Waals surface area contributed by atoms with Crippen LogP contribution >= 0.6 is 0 Å². The molecule has 1 rings (SSSR count). The molecule has 1 aromatic carbocycles. The van der Waals surface area contributed by atoms with Gasteiger partial charge in [-0.3, -0.25) is 0 Å². The van der Waals surface area contributed by atoms with Gasteiger partial charge in [0.1, 0.15) is 12.4 Å². The molecule has 0 amide bonds. The van der Waals surface area contributed by atoms with Crippen molar-refractivity contribution in [1.29, 1.82) is 5.26 Å². The average molecular weight is 215 g/mol. The number of benzene rings is 1. The standard InChI is InChI=1S/C10H8F3NO/c11-9-2-7(4-14)1-8(3-9)5-15-6-10(12)13/h1-3,10H,5-6H2. The van der Waals surface area contributed by atoms with E-state index in [1.54, 1.807) is 6.07 Å². The maximum atomic E-state index is 12.8. The summed E-state index contributed by atoms with van der Waals surface area (Å²) < 4.78 is 40.9. The minimum atomic E-state index is -2.55. The highest BCUT2D eigenvalue weighted by atomic mass is 19.3. The second-order valence-corrected chi connectivity index (χ2v) is 2.87. The Hall–Kier alpha value is -1.54. The second kappa shape index (κ2) is 5.37. The summed E-state index contributed by atoms with van der Waals surface area (Å²) >= 11 is 0. The van der Waals surface area contributed by atoms with Crippen LogP contribution in [0.25, 0.3) is 0 Å². The number of alkyl halides is 2. The topological polar surface area (TPSA) is 33.0 Å². The largest absolute Gasteiger partial charge is 0.371 e. The minimum Gasteiger partial charge on any atom is -0.371 e. The highest BCUT2D eigenvalue weighted by molar-refractivity contribution is 5.33. The molecule has 0 saturated carbocycles. The molecular weight excluding hydrogens is 207 g/mol. The quantitative estimate of drug-likeness (QED) is 0.772. The molecule has 0 aliphatic rings. The van der Waals surface area contributed by atoms with Crippen molar-refractivity contribution >= 4 is 0 Å². The monoisotopic (exact) mass is 215 g/mol. The van der Waals surface area contributed by atoms with Crippen molar-refractivity contribution < 1.29 is 17.9 Å². The van der Waals surface area contributed by atoms with Gasteiger partial charge in [0.2, 0.25) is 0 Å². The first-order chi connectivity index (χ1) is 7.11. The molecule has 0 radical (unpaired) electrons. The van der Waals surface area contributed by atoms with E-state index >= 15 is 0 Å². The average Bonchev–Trinajstić information content (AvgIpc) is 2.16. The van der Waals surface area contributed by atoms with Gasteiger partial charge in [-0.1, -0.05) is 0 Å². The zero-order chi connectivity index (χ0) is 11.3. The van der Waals surface area contributed by atoms with E-state index in [1.165, 1.54) is 6.07 Å². The molecule has 2 nitrogen and oxygen atoms in total. The summed E-state index contributed by atoms with van der Waals surface area (Å²) in [6, 6.07) is 5.37. The van der Waals surface area contributed by atoms with Gasteiger partial charge in [-0.25, -0.2) is 13.2 Å². The van der Waals surface area contributed by atoms with Crippen LogP contribution in [0.4, 0.5) is 13.2 Å². The van der Waals surface area contributed by atoms with Crippen LogP contribution < -0.4 is 0 Å². The van der Waals surface area contributed by atoms with Crippen molar-refractivity contribution in [1.82, 2.24) is 0 Å². The van der Waals surface area contributed by atoms with E-state index in [2.05, 4.69) is 4.74 Å². The Morgan fingerprint density at radius 1 is 1.33 bits per heavy atom. The normalized spacial score (nSPS) is 10.3. The predicted octanol–water partition coefficient (Wildman–Crippen LogP) is 2.48. The van der Waals surface area contributed by atoms with Crippen molar-refractivity contribution in [2.45, 2.75) is 13.0 Å². The maximum absolute atomic E-state index is 12.8. The molecule has 0 N–H and O–H groups in total. The summed E-state index contributed by atoms with van der Waals surface area (Å²) in [5.74, 6) is -0.579. The Kier molecular flexibility index (Phi) is 4.13. The third kappa shape index (κ3) is 4.00. The summed E-state index contributed by atoms with van der Waals surface area (Å²) in [4.78, 5) is 0. The Morgan fingerprint density at radius 3 is 2.67 bits per heavy atom. The zero-order valence-corrected chi connectivity index (χ0v) is 7.71. The molecule has 0 heterocycles. The molecule has 80 valence electrons. The van der Waals surface area contributed by atoms with Crippen LogP contribution in [0.5, 0.6) is 0 Å². The smallest absolute Gasteiger partial charge is 0.261 e. The molecule has 0 aromatic heterocycles. The van der Waals surface area contributed by atoms with Gasteiger partial charge in [0.15, 0.2) is 0 Å². The molecule has 0 spiro atoms. The van der Waals surface area contributed by atoms with E-state index in [9.17, 15) is 13.2 Å². The lowest BCUT2D eigenvalue weighted by Crippen LogP contribution is -2.04. The fourth-order valence-electron chi connectivity index (χ4n) is 1.06. The van der Waals surface area contributed by atoms with Gasteiger partial charge >= 0.3 is 0 Å². The molecule has 5 heteroatoms. The van der Waals surface area contributed by atoms with Crippen LogP contribution in [-0.4, -0.2) is 13.0 Å².